The second kappa shape index (κ2) is 21.1. The van der Waals surface area contributed by atoms with E-state index in [9.17, 15) is 14.4 Å². The molecule has 7 nitrogen and oxygen atoms in total. The number of carbonyl (C=O) groups excluding carboxylic acids is 3. The summed E-state index contributed by atoms with van der Waals surface area (Å²) in [6, 6.07) is 0. The number of rotatable bonds is 21. The monoisotopic (exact) mass is 456 g/mol. The minimum Gasteiger partial charge on any atom is -0.462 e. The number of unbranched alkanes of at least 4 members (excludes halogenated alkanes) is 12. The van der Waals surface area contributed by atoms with E-state index in [2.05, 4.69) is 6.92 Å². The van der Waals surface area contributed by atoms with Crippen LogP contribution in [0.3, 0.4) is 0 Å². The fourth-order valence-electron chi connectivity index (χ4n) is 3.32. The van der Waals surface area contributed by atoms with Gasteiger partial charge in [-0.3, -0.25) is 14.4 Å². The van der Waals surface area contributed by atoms with Crippen LogP contribution in [0.4, 0.5) is 0 Å². The maximum atomic E-state index is 12.0. The highest BCUT2D eigenvalue weighted by atomic mass is 16.5. The fourth-order valence-corrected chi connectivity index (χ4v) is 3.32. The van der Waals surface area contributed by atoms with Crippen molar-refractivity contribution in [3.63, 3.8) is 0 Å². The lowest BCUT2D eigenvalue weighted by molar-refractivity contribution is -0.148. The minimum absolute atomic E-state index is 0.258. The van der Waals surface area contributed by atoms with Crippen LogP contribution in [0.15, 0.2) is 11.8 Å². The Hall–Kier alpha value is -1.73. The third kappa shape index (κ3) is 20.2. The van der Waals surface area contributed by atoms with E-state index >= 15 is 0 Å². The van der Waals surface area contributed by atoms with Crippen LogP contribution in [0.5, 0.6) is 0 Å². The predicted molar refractivity (Wildman–Crippen MR) is 124 cm³/mol. The lowest BCUT2D eigenvalue weighted by atomic mass is 10.0. The summed E-state index contributed by atoms with van der Waals surface area (Å²) in [5, 5.41) is 17.8. The number of allylic oxidation sites excluding steroid dienone is 2. The number of carbonyl (C=O) groups is 3. The maximum Gasteiger partial charge on any atom is 0.313 e. The molecule has 0 amide bonds. The van der Waals surface area contributed by atoms with E-state index in [4.69, 9.17) is 19.7 Å². The van der Waals surface area contributed by atoms with E-state index in [0.29, 0.717) is 6.42 Å². The molecule has 0 aromatic rings. The molecule has 0 aliphatic rings. The topological polar surface area (TPSA) is 110 Å². The first-order valence-corrected chi connectivity index (χ1v) is 12.2. The van der Waals surface area contributed by atoms with Crippen molar-refractivity contribution in [2.24, 2.45) is 0 Å². The van der Waals surface area contributed by atoms with Crippen LogP contribution >= 0.6 is 0 Å². The summed E-state index contributed by atoms with van der Waals surface area (Å²) in [6.07, 6.45) is 15.9. The Morgan fingerprint density at radius 1 is 0.844 bits per heavy atom. The van der Waals surface area contributed by atoms with Crippen LogP contribution in [0, 0.1) is 0 Å². The van der Waals surface area contributed by atoms with E-state index in [0.717, 1.165) is 19.3 Å². The third-order valence-corrected chi connectivity index (χ3v) is 5.09. The Balaban J connectivity index is 4.00. The molecule has 1 atom stereocenters. The number of hydrogen-bond donors (Lipinski definition) is 2. The molecular formula is C25H44O7. The quantitative estimate of drug-likeness (QED) is 0.0841. The first-order chi connectivity index (χ1) is 15.4. The maximum absolute atomic E-state index is 12.0. The minimum atomic E-state index is -1.17. The number of ketones is 1. The van der Waals surface area contributed by atoms with Gasteiger partial charge in [0.05, 0.1) is 6.61 Å². The number of aliphatic hydroxyl groups is 2. The van der Waals surface area contributed by atoms with Gasteiger partial charge < -0.3 is 19.7 Å². The van der Waals surface area contributed by atoms with Gasteiger partial charge in [-0.1, -0.05) is 84.0 Å². The fraction of sp³-hybridized carbons (Fsp3) is 0.800. The van der Waals surface area contributed by atoms with Crippen LogP contribution in [0.1, 0.15) is 110 Å². The zero-order chi connectivity index (χ0) is 24.0. The summed E-state index contributed by atoms with van der Waals surface area (Å²) in [5.74, 6) is -1.58. The molecule has 0 spiro atoms. The molecule has 0 saturated carbocycles. The zero-order valence-corrected chi connectivity index (χ0v) is 20.1. The summed E-state index contributed by atoms with van der Waals surface area (Å²) in [4.78, 5) is 34.9. The van der Waals surface area contributed by atoms with Crippen LogP contribution < -0.4 is 0 Å². The molecule has 0 aromatic carbocycles. The highest BCUT2D eigenvalue weighted by Gasteiger charge is 2.13. The average molecular weight is 457 g/mol. The molecule has 1 unspecified atom stereocenters. The summed E-state index contributed by atoms with van der Waals surface area (Å²) < 4.78 is 9.80. The van der Waals surface area contributed by atoms with E-state index in [-0.39, 0.29) is 12.4 Å². The SMILES string of the molecule is CCCCCCCCCCCCCCC/C(=C/C(=O)CC(=O)OCC(O)CO)OC(C)=O. The molecule has 0 heterocycles. The number of ether oxygens (including phenoxy) is 2. The van der Waals surface area contributed by atoms with E-state index in [1.165, 1.54) is 77.2 Å². The second-order valence-electron chi connectivity index (χ2n) is 8.36. The van der Waals surface area contributed by atoms with Crippen molar-refractivity contribution in [3.05, 3.63) is 11.8 Å². The summed E-state index contributed by atoms with van der Waals surface area (Å²) in [7, 11) is 0. The molecule has 0 bridgehead atoms. The number of esters is 2. The van der Waals surface area contributed by atoms with Crippen molar-refractivity contribution in [1.82, 2.24) is 0 Å². The van der Waals surface area contributed by atoms with Crippen molar-refractivity contribution >= 4 is 17.7 Å². The molecule has 0 rings (SSSR count). The molecule has 2 N–H and O–H groups in total. The molecule has 0 radical (unpaired) electrons. The Bertz CT molecular complexity index is 542. The standard InChI is InChI=1S/C25H44O7/c1-3-4-5-6-7-8-9-10-11-12-13-14-15-16-24(32-21(2)27)17-22(28)18-25(30)31-20-23(29)19-26/h17,23,26,29H,3-16,18-20H2,1-2H3/b24-17-. The lowest BCUT2D eigenvalue weighted by Gasteiger charge is -2.09. The normalized spacial score (nSPS) is 12.4. The highest BCUT2D eigenvalue weighted by Crippen LogP contribution is 2.15. The molecule has 0 aliphatic heterocycles. The lowest BCUT2D eigenvalue weighted by Crippen LogP contribution is -2.22. The van der Waals surface area contributed by atoms with Crippen molar-refractivity contribution < 1.29 is 34.1 Å². The van der Waals surface area contributed by atoms with Crippen LogP contribution in [-0.4, -0.2) is 47.3 Å². The van der Waals surface area contributed by atoms with Gasteiger partial charge in [-0.05, 0) is 6.42 Å². The molecule has 0 aliphatic carbocycles. The molecule has 0 aromatic heterocycles. The highest BCUT2D eigenvalue weighted by molar-refractivity contribution is 6.02. The second-order valence-corrected chi connectivity index (χ2v) is 8.36. The third-order valence-electron chi connectivity index (χ3n) is 5.09. The van der Waals surface area contributed by atoms with Crippen molar-refractivity contribution in [2.45, 2.75) is 116 Å². The Kier molecular flexibility index (Phi) is 20.0. The van der Waals surface area contributed by atoms with Crippen LogP contribution in [0.25, 0.3) is 0 Å². The van der Waals surface area contributed by atoms with Crippen molar-refractivity contribution in [2.75, 3.05) is 13.2 Å². The summed E-state index contributed by atoms with van der Waals surface area (Å²) >= 11 is 0. The largest absolute Gasteiger partial charge is 0.462 e. The average Bonchev–Trinajstić information content (AvgIpc) is 2.74. The summed E-state index contributed by atoms with van der Waals surface area (Å²) in [5.41, 5.74) is 0. The van der Waals surface area contributed by atoms with E-state index in [1.807, 2.05) is 0 Å². The Morgan fingerprint density at radius 2 is 1.34 bits per heavy atom. The molecule has 32 heavy (non-hydrogen) atoms. The first kappa shape index (κ1) is 30.3. The van der Waals surface area contributed by atoms with Gasteiger partial charge in [0.25, 0.3) is 0 Å². The van der Waals surface area contributed by atoms with Gasteiger partial charge in [0.15, 0.2) is 5.78 Å². The zero-order valence-electron chi connectivity index (χ0n) is 20.1. The molecular weight excluding hydrogens is 412 g/mol. The smallest absolute Gasteiger partial charge is 0.313 e. The van der Waals surface area contributed by atoms with Gasteiger partial charge in [-0.15, -0.1) is 0 Å². The Labute approximate surface area is 193 Å². The molecule has 0 saturated heterocycles. The van der Waals surface area contributed by atoms with Gasteiger partial charge in [0, 0.05) is 19.4 Å². The van der Waals surface area contributed by atoms with Gasteiger partial charge >= 0.3 is 11.9 Å². The number of aliphatic hydroxyl groups excluding tert-OH is 2. The van der Waals surface area contributed by atoms with E-state index in [1.54, 1.807) is 0 Å². The molecule has 7 heteroatoms. The predicted octanol–water partition coefficient (Wildman–Crippen LogP) is 4.77. The van der Waals surface area contributed by atoms with Gasteiger partial charge in [-0.25, -0.2) is 0 Å². The van der Waals surface area contributed by atoms with Crippen LogP contribution in [0.2, 0.25) is 0 Å². The van der Waals surface area contributed by atoms with Gasteiger partial charge in [-0.2, -0.15) is 0 Å². The van der Waals surface area contributed by atoms with Gasteiger partial charge in [0.2, 0.25) is 0 Å². The molecule has 186 valence electrons. The molecule has 0 fully saturated rings. The summed E-state index contributed by atoms with van der Waals surface area (Å²) in [6.45, 7) is 2.60. The Morgan fingerprint density at radius 3 is 1.81 bits per heavy atom. The van der Waals surface area contributed by atoms with Crippen LogP contribution in [-0.2, 0) is 23.9 Å². The number of hydrogen-bond acceptors (Lipinski definition) is 7. The van der Waals surface area contributed by atoms with E-state index < -0.39 is 36.9 Å². The van der Waals surface area contributed by atoms with Gasteiger partial charge in [0.1, 0.15) is 24.9 Å². The van der Waals surface area contributed by atoms with Crippen molar-refractivity contribution in [3.8, 4) is 0 Å². The van der Waals surface area contributed by atoms with Crippen molar-refractivity contribution in [1.29, 1.82) is 0 Å². The first-order valence-electron chi connectivity index (χ1n) is 12.2.